The Labute approximate surface area is 158 Å². The van der Waals surface area contributed by atoms with Gasteiger partial charge in [-0.2, -0.15) is 4.31 Å². The van der Waals surface area contributed by atoms with Gasteiger partial charge in [0.25, 0.3) is 0 Å². The quantitative estimate of drug-likeness (QED) is 0.816. The summed E-state index contributed by atoms with van der Waals surface area (Å²) in [5.41, 5.74) is 0.880. The van der Waals surface area contributed by atoms with Crippen molar-refractivity contribution in [2.45, 2.75) is 30.2 Å². The molecule has 8 heteroatoms. The van der Waals surface area contributed by atoms with Crippen molar-refractivity contribution in [1.29, 1.82) is 0 Å². The summed E-state index contributed by atoms with van der Waals surface area (Å²) in [6.45, 7) is 0.754. The third-order valence-corrected chi connectivity index (χ3v) is 6.51. The molecule has 3 rings (SSSR count). The molecule has 1 atom stereocenters. The molecule has 0 radical (unpaired) electrons. The average Bonchev–Trinajstić information content (AvgIpc) is 3.14. The molecule has 1 aliphatic rings. The first kappa shape index (κ1) is 18.8. The van der Waals surface area contributed by atoms with E-state index in [2.05, 4.69) is 10.3 Å². The molecule has 0 spiro atoms. The van der Waals surface area contributed by atoms with E-state index in [1.807, 2.05) is 18.2 Å². The lowest BCUT2D eigenvalue weighted by molar-refractivity contribution is -0.124. The Bertz CT molecular complexity index is 857. The molecule has 0 unspecified atom stereocenters. The maximum atomic E-state index is 12.8. The van der Waals surface area contributed by atoms with Crippen LogP contribution < -0.4 is 5.32 Å². The number of rotatable bonds is 6. The fourth-order valence-electron chi connectivity index (χ4n) is 3.01. The number of sulfonamides is 1. The van der Waals surface area contributed by atoms with Crippen LogP contribution in [0.25, 0.3) is 0 Å². The summed E-state index contributed by atoms with van der Waals surface area (Å²) < 4.78 is 27.0. The molecule has 1 aromatic carbocycles. The smallest absolute Gasteiger partial charge is 0.243 e. The third kappa shape index (κ3) is 4.23. The fourth-order valence-corrected chi connectivity index (χ4v) is 4.79. The number of carbonyl (C=O) groups is 1. The molecule has 2 heterocycles. The van der Waals surface area contributed by atoms with E-state index in [0.717, 1.165) is 5.69 Å². The van der Waals surface area contributed by atoms with Gasteiger partial charge in [0, 0.05) is 36.4 Å². The highest BCUT2D eigenvalue weighted by Crippen LogP contribution is 2.27. The van der Waals surface area contributed by atoms with Gasteiger partial charge in [0.15, 0.2) is 0 Å². The monoisotopic (exact) mass is 393 g/mol. The first-order chi connectivity index (χ1) is 12.5. The van der Waals surface area contributed by atoms with E-state index in [1.165, 1.54) is 28.6 Å². The summed E-state index contributed by atoms with van der Waals surface area (Å²) in [4.78, 5) is 16.9. The van der Waals surface area contributed by atoms with Crippen molar-refractivity contribution in [3.63, 3.8) is 0 Å². The van der Waals surface area contributed by atoms with Crippen LogP contribution in [0.5, 0.6) is 0 Å². The number of hydrogen-bond donors (Lipinski definition) is 1. The second-order valence-corrected chi connectivity index (χ2v) is 8.42. The van der Waals surface area contributed by atoms with Crippen molar-refractivity contribution in [3.05, 3.63) is 59.4 Å². The van der Waals surface area contributed by atoms with Crippen molar-refractivity contribution >= 4 is 27.5 Å². The number of nitrogens with zero attached hydrogens (tertiary/aromatic N) is 2. The van der Waals surface area contributed by atoms with Gasteiger partial charge in [0.05, 0.1) is 4.90 Å². The molecule has 1 aliphatic heterocycles. The molecular formula is C18H20ClN3O3S. The molecule has 1 saturated heterocycles. The Morgan fingerprint density at radius 1 is 1.23 bits per heavy atom. The van der Waals surface area contributed by atoms with Gasteiger partial charge >= 0.3 is 0 Å². The molecule has 1 amide bonds. The van der Waals surface area contributed by atoms with Crippen LogP contribution >= 0.6 is 11.6 Å². The Balaban J connectivity index is 1.65. The van der Waals surface area contributed by atoms with Gasteiger partial charge in [-0.05, 0) is 49.2 Å². The molecule has 0 bridgehead atoms. The van der Waals surface area contributed by atoms with E-state index in [-0.39, 0.29) is 10.8 Å². The van der Waals surface area contributed by atoms with Crippen LogP contribution in [0, 0.1) is 0 Å². The van der Waals surface area contributed by atoms with Crippen molar-refractivity contribution in [2.75, 3.05) is 13.1 Å². The first-order valence-corrected chi connectivity index (χ1v) is 10.3. The Morgan fingerprint density at radius 3 is 2.69 bits per heavy atom. The highest BCUT2D eigenvalue weighted by Gasteiger charge is 2.39. The lowest BCUT2D eigenvalue weighted by Gasteiger charge is -2.23. The molecule has 1 aromatic heterocycles. The number of aromatic nitrogens is 1. The Hall–Kier alpha value is -1.96. The van der Waals surface area contributed by atoms with E-state index in [0.29, 0.717) is 37.4 Å². The predicted octanol–water partition coefficient (Wildman–Crippen LogP) is 2.25. The van der Waals surface area contributed by atoms with Crippen LogP contribution in [0.2, 0.25) is 5.02 Å². The van der Waals surface area contributed by atoms with Gasteiger partial charge in [-0.15, -0.1) is 0 Å². The molecule has 6 nitrogen and oxygen atoms in total. The minimum absolute atomic E-state index is 0.148. The zero-order valence-corrected chi connectivity index (χ0v) is 15.7. The van der Waals surface area contributed by atoms with Crippen molar-refractivity contribution < 1.29 is 13.2 Å². The lowest BCUT2D eigenvalue weighted by Crippen LogP contribution is -2.46. The second-order valence-electron chi connectivity index (χ2n) is 6.09. The van der Waals surface area contributed by atoms with Gasteiger partial charge in [-0.1, -0.05) is 17.7 Å². The van der Waals surface area contributed by atoms with Gasteiger partial charge < -0.3 is 5.32 Å². The van der Waals surface area contributed by atoms with Crippen molar-refractivity contribution in [1.82, 2.24) is 14.6 Å². The maximum Gasteiger partial charge on any atom is 0.243 e. The topological polar surface area (TPSA) is 79.4 Å². The maximum absolute atomic E-state index is 12.8. The molecule has 1 N–H and O–H groups in total. The minimum atomic E-state index is -3.73. The third-order valence-electron chi connectivity index (χ3n) is 4.33. The van der Waals surface area contributed by atoms with Crippen LogP contribution in [-0.2, 0) is 21.2 Å². The van der Waals surface area contributed by atoms with Crippen molar-refractivity contribution in [3.8, 4) is 0 Å². The summed E-state index contributed by atoms with van der Waals surface area (Å²) >= 11 is 5.83. The lowest BCUT2D eigenvalue weighted by atomic mass is 10.2. The Morgan fingerprint density at radius 2 is 2.00 bits per heavy atom. The van der Waals surface area contributed by atoms with Crippen molar-refractivity contribution in [2.24, 2.45) is 0 Å². The molecule has 138 valence electrons. The highest BCUT2D eigenvalue weighted by molar-refractivity contribution is 7.89. The van der Waals surface area contributed by atoms with Crippen LogP contribution in [0.15, 0.2) is 53.6 Å². The zero-order chi connectivity index (χ0) is 18.6. The summed E-state index contributed by atoms with van der Waals surface area (Å²) in [5, 5.41) is 3.30. The van der Waals surface area contributed by atoms with Crippen LogP contribution in [0.4, 0.5) is 0 Å². The van der Waals surface area contributed by atoms with E-state index >= 15 is 0 Å². The molecule has 26 heavy (non-hydrogen) atoms. The van der Waals surface area contributed by atoms with Crippen LogP contribution in [0.1, 0.15) is 18.5 Å². The second kappa shape index (κ2) is 8.16. The van der Waals surface area contributed by atoms with Gasteiger partial charge in [0.2, 0.25) is 15.9 Å². The SMILES string of the molecule is O=C(NCCc1ccccn1)[C@H]1CCCN1S(=O)(=O)c1ccc(Cl)cc1. The first-order valence-electron chi connectivity index (χ1n) is 8.43. The summed E-state index contributed by atoms with van der Waals surface area (Å²) in [7, 11) is -3.73. The largest absolute Gasteiger partial charge is 0.354 e. The summed E-state index contributed by atoms with van der Waals surface area (Å²) in [6, 6.07) is 10.9. The minimum Gasteiger partial charge on any atom is -0.354 e. The molecule has 1 fully saturated rings. The normalized spacial score (nSPS) is 18.0. The van der Waals surface area contributed by atoms with E-state index in [1.54, 1.807) is 6.20 Å². The predicted molar refractivity (Wildman–Crippen MR) is 99.3 cm³/mol. The van der Waals surface area contributed by atoms with Gasteiger partial charge in [-0.3, -0.25) is 9.78 Å². The van der Waals surface area contributed by atoms with Gasteiger partial charge in [-0.25, -0.2) is 8.42 Å². The number of hydrogen-bond acceptors (Lipinski definition) is 4. The van der Waals surface area contributed by atoms with Crippen LogP contribution in [0.3, 0.4) is 0 Å². The van der Waals surface area contributed by atoms with E-state index < -0.39 is 16.1 Å². The number of benzene rings is 1. The number of carbonyl (C=O) groups excluding carboxylic acids is 1. The standard InChI is InChI=1S/C18H20ClN3O3S/c19-14-6-8-16(9-7-14)26(24,25)22-13-3-5-17(22)18(23)21-12-10-15-4-1-2-11-20-15/h1-2,4,6-9,11,17H,3,5,10,12-13H2,(H,21,23)/t17-/m1/s1. The number of amides is 1. The molecule has 0 aliphatic carbocycles. The molecule has 2 aromatic rings. The van der Waals surface area contributed by atoms with Gasteiger partial charge in [0.1, 0.15) is 6.04 Å². The van der Waals surface area contributed by atoms with E-state index in [9.17, 15) is 13.2 Å². The summed E-state index contributed by atoms with van der Waals surface area (Å²) in [5.74, 6) is -0.268. The molecule has 0 saturated carbocycles. The van der Waals surface area contributed by atoms with E-state index in [4.69, 9.17) is 11.6 Å². The number of nitrogens with one attached hydrogen (secondary N) is 1. The number of halogens is 1. The fraction of sp³-hybridized carbons (Fsp3) is 0.333. The average molecular weight is 394 g/mol. The highest BCUT2D eigenvalue weighted by atomic mass is 35.5. The molecular weight excluding hydrogens is 374 g/mol. The summed E-state index contributed by atoms with van der Waals surface area (Å²) in [6.07, 6.45) is 3.48. The Kier molecular flexibility index (Phi) is 5.90. The zero-order valence-electron chi connectivity index (χ0n) is 14.1. The number of pyridine rings is 1. The van der Waals surface area contributed by atoms with Crippen LogP contribution in [-0.4, -0.2) is 42.7 Å².